The highest BCUT2D eigenvalue weighted by atomic mass is 35.5. The molecule has 0 aromatic heterocycles. The molecule has 82 valence electrons. The van der Waals surface area contributed by atoms with Crippen molar-refractivity contribution in [3.05, 3.63) is 0 Å². The maximum atomic E-state index is 10.5. The zero-order valence-corrected chi connectivity index (χ0v) is 8.81. The number of rotatable bonds is 2. The van der Waals surface area contributed by atoms with Crippen molar-refractivity contribution < 1.29 is 14.6 Å². The topological polar surface area (TPSA) is 58.6 Å². The Balaban J connectivity index is 0.000000980. The van der Waals surface area contributed by atoms with E-state index in [0.717, 1.165) is 32.4 Å². The van der Waals surface area contributed by atoms with Gasteiger partial charge in [-0.05, 0) is 19.3 Å². The number of hydrogen-bond donors (Lipinski definition) is 2. The monoisotopic (exact) mass is 221 g/mol. The van der Waals surface area contributed by atoms with Gasteiger partial charge in [0.1, 0.15) is 0 Å². The van der Waals surface area contributed by atoms with Crippen LogP contribution in [0.15, 0.2) is 0 Å². The SMILES string of the molecule is Cl.O=C(O)CC1CCCC2(CNC2)O1. The molecule has 0 aromatic rings. The van der Waals surface area contributed by atoms with Crippen molar-refractivity contribution in [2.75, 3.05) is 13.1 Å². The van der Waals surface area contributed by atoms with Gasteiger partial charge >= 0.3 is 5.97 Å². The van der Waals surface area contributed by atoms with E-state index in [9.17, 15) is 4.79 Å². The number of carboxylic acids is 1. The fourth-order valence-corrected chi connectivity index (χ4v) is 2.13. The zero-order valence-electron chi connectivity index (χ0n) is 7.99. The second-order valence-corrected chi connectivity index (χ2v) is 4.02. The molecule has 1 spiro atoms. The lowest BCUT2D eigenvalue weighted by atomic mass is 9.86. The van der Waals surface area contributed by atoms with Gasteiger partial charge < -0.3 is 15.2 Å². The first kappa shape index (κ1) is 11.8. The Kier molecular flexibility index (Phi) is 3.75. The minimum absolute atomic E-state index is 0. The second kappa shape index (κ2) is 4.47. The molecule has 2 saturated heterocycles. The maximum absolute atomic E-state index is 10.5. The van der Waals surface area contributed by atoms with Crippen LogP contribution in [0.5, 0.6) is 0 Å². The molecular formula is C9H16ClNO3. The van der Waals surface area contributed by atoms with Crippen LogP contribution in [0.4, 0.5) is 0 Å². The first-order valence-corrected chi connectivity index (χ1v) is 4.81. The van der Waals surface area contributed by atoms with Crippen molar-refractivity contribution in [2.45, 2.75) is 37.4 Å². The average Bonchev–Trinajstić information content (AvgIpc) is 2.01. The summed E-state index contributed by atoms with van der Waals surface area (Å²) >= 11 is 0. The van der Waals surface area contributed by atoms with Crippen LogP contribution in [0.2, 0.25) is 0 Å². The van der Waals surface area contributed by atoms with Crippen LogP contribution in [-0.2, 0) is 9.53 Å². The molecule has 2 aliphatic rings. The van der Waals surface area contributed by atoms with Crippen LogP contribution >= 0.6 is 12.4 Å². The van der Waals surface area contributed by atoms with E-state index in [1.54, 1.807) is 0 Å². The van der Waals surface area contributed by atoms with Gasteiger partial charge in [-0.2, -0.15) is 0 Å². The lowest BCUT2D eigenvalue weighted by Crippen LogP contribution is -2.63. The molecule has 1 unspecified atom stereocenters. The third kappa shape index (κ3) is 2.38. The van der Waals surface area contributed by atoms with Gasteiger partial charge in [0.2, 0.25) is 0 Å². The van der Waals surface area contributed by atoms with E-state index in [1.807, 2.05) is 0 Å². The Morgan fingerprint density at radius 1 is 1.57 bits per heavy atom. The Bertz CT molecular complexity index is 218. The van der Waals surface area contributed by atoms with Crippen molar-refractivity contribution in [3.8, 4) is 0 Å². The summed E-state index contributed by atoms with van der Waals surface area (Å²) in [5.74, 6) is -0.755. The molecule has 14 heavy (non-hydrogen) atoms. The Morgan fingerprint density at radius 2 is 2.29 bits per heavy atom. The van der Waals surface area contributed by atoms with E-state index in [2.05, 4.69) is 5.32 Å². The molecule has 0 radical (unpaired) electrons. The first-order valence-electron chi connectivity index (χ1n) is 4.81. The Morgan fingerprint density at radius 3 is 2.79 bits per heavy atom. The van der Waals surface area contributed by atoms with Crippen molar-refractivity contribution in [1.29, 1.82) is 0 Å². The highest BCUT2D eigenvalue weighted by Gasteiger charge is 2.42. The summed E-state index contributed by atoms with van der Waals surface area (Å²) < 4.78 is 5.78. The van der Waals surface area contributed by atoms with Gasteiger partial charge in [-0.25, -0.2) is 0 Å². The molecule has 2 heterocycles. The maximum Gasteiger partial charge on any atom is 0.305 e. The number of halogens is 1. The normalized spacial score (nSPS) is 29.0. The van der Waals surface area contributed by atoms with E-state index in [1.165, 1.54) is 0 Å². The van der Waals surface area contributed by atoms with Gasteiger partial charge in [0, 0.05) is 13.1 Å². The highest BCUT2D eigenvalue weighted by molar-refractivity contribution is 5.85. The van der Waals surface area contributed by atoms with Crippen LogP contribution in [0.3, 0.4) is 0 Å². The molecule has 2 rings (SSSR count). The van der Waals surface area contributed by atoms with Crippen molar-refractivity contribution in [3.63, 3.8) is 0 Å². The lowest BCUT2D eigenvalue weighted by Gasteiger charge is -2.47. The Hall–Kier alpha value is -0.320. The number of ether oxygens (including phenoxy) is 1. The van der Waals surface area contributed by atoms with Gasteiger partial charge in [0.05, 0.1) is 18.1 Å². The minimum atomic E-state index is -0.755. The molecule has 0 saturated carbocycles. The predicted octanol–water partition coefficient (Wildman–Crippen LogP) is 0.794. The minimum Gasteiger partial charge on any atom is -0.481 e. The van der Waals surface area contributed by atoms with Gasteiger partial charge in [-0.3, -0.25) is 4.79 Å². The van der Waals surface area contributed by atoms with Crippen molar-refractivity contribution in [2.24, 2.45) is 0 Å². The van der Waals surface area contributed by atoms with Crippen LogP contribution in [0.1, 0.15) is 25.7 Å². The summed E-state index contributed by atoms with van der Waals surface area (Å²) in [7, 11) is 0. The van der Waals surface area contributed by atoms with Gasteiger partial charge in [-0.1, -0.05) is 0 Å². The third-order valence-corrected chi connectivity index (χ3v) is 2.87. The summed E-state index contributed by atoms with van der Waals surface area (Å²) in [4.78, 5) is 10.5. The summed E-state index contributed by atoms with van der Waals surface area (Å²) in [5, 5.41) is 11.8. The molecule has 2 fully saturated rings. The van der Waals surface area contributed by atoms with Crippen LogP contribution in [0.25, 0.3) is 0 Å². The number of aliphatic carboxylic acids is 1. The quantitative estimate of drug-likeness (QED) is 0.724. The molecule has 0 aromatic carbocycles. The highest BCUT2D eigenvalue weighted by Crippen LogP contribution is 2.32. The van der Waals surface area contributed by atoms with Gasteiger partial charge in [-0.15, -0.1) is 12.4 Å². The zero-order chi connectivity index (χ0) is 9.31. The van der Waals surface area contributed by atoms with Crippen LogP contribution in [-0.4, -0.2) is 35.9 Å². The standard InChI is InChI=1S/C9H15NO3.ClH/c11-8(12)4-7-2-1-3-9(13-7)5-10-6-9;/h7,10H,1-6H2,(H,11,12);1H. The number of nitrogens with one attached hydrogen (secondary N) is 1. The molecule has 2 aliphatic heterocycles. The summed E-state index contributed by atoms with van der Waals surface area (Å²) in [6.07, 6.45) is 3.17. The van der Waals surface area contributed by atoms with Crippen molar-refractivity contribution >= 4 is 18.4 Å². The molecule has 5 heteroatoms. The molecule has 0 bridgehead atoms. The van der Waals surface area contributed by atoms with E-state index in [4.69, 9.17) is 9.84 Å². The van der Waals surface area contributed by atoms with E-state index < -0.39 is 5.97 Å². The fourth-order valence-electron chi connectivity index (χ4n) is 2.13. The van der Waals surface area contributed by atoms with Crippen LogP contribution < -0.4 is 5.32 Å². The molecule has 4 nitrogen and oxygen atoms in total. The smallest absolute Gasteiger partial charge is 0.305 e. The molecular weight excluding hydrogens is 206 g/mol. The second-order valence-electron chi connectivity index (χ2n) is 4.02. The van der Waals surface area contributed by atoms with Crippen molar-refractivity contribution in [1.82, 2.24) is 5.32 Å². The number of carbonyl (C=O) groups is 1. The summed E-state index contributed by atoms with van der Waals surface area (Å²) in [6, 6.07) is 0. The largest absolute Gasteiger partial charge is 0.481 e. The molecule has 1 atom stereocenters. The number of carboxylic acid groups (broad SMARTS) is 1. The number of hydrogen-bond acceptors (Lipinski definition) is 3. The molecule has 0 amide bonds. The first-order chi connectivity index (χ1) is 6.20. The van der Waals surface area contributed by atoms with Crippen LogP contribution in [0, 0.1) is 0 Å². The predicted molar refractivity (Wildman–Crippen MR) is 53.8 cm³/mol. The molecule has 0 aliphatic carbocycles. The fraction of sp³-hybridized carbons (Fsp3) is 0.889. The van der Waals surface area contributed by atoms with Gasteiger partial charge in [0.15, 0.2) is 0 Å². The van der Waals surface area contributed by atoms with Gasteiger partial charge in [0.25, 0.3) is 0 Å². The average molecular weight is 222 g/mol. The third-order valence-electron chi connectivity index (χ3n) is 2.87. The van der Waals surface area contributed by atoms with E-state index in [-0.39, 0.29) is 30.5 Å². The summed E-state index contributed by atoms with van der Waals surface area (Å²) in [5.41, 5.74) is -0.0155. The van der Waals surface area contributed by atoms with E-state index in [0.29, 0.717) is 0 Å². The molecule has 2 N–H and O–H groups in total. The Labute approximate surface area is 89.4 Å². The van der Waals surface area contributed by atoms with E-state index >= 15 is 0 Å². The lowest BCUT2D eigenvalue weighted by molar-refractivity contribution is -0.166. The summed E-state index contributed by atoms with van der Waals surface area (Å²) in [6.45, 7) is 1.78.